The van der Waals surface area contributed by atoms with Crippen molar-refractivity contribution in [2.75, 3.05) is 25.8 Å². The highest BCUT2D eigenvalue weighted by atomic mass is 16.7. The Labute approximate surface area is 263 Å². The van der Waals surface area contributed by atoms with E-state index < -0.39 is 42.2 Å². The maximum Gasteiger partial charge on any atom is 0.341 e. The van der Waals surface area contributed by atoms with Gasteiger partial charge in [-0.2, -0.15) is 0 Å². The van der Waals surface area contributed by atoms with Crippen LogP contribution in [0.1, 0.15) is 58.2 Å². The molecule has 0 aliphatic carbocycles. The van der Waals surface area contributed by atoms with Gasteiger partial charge in [0.25, 0.3) is 5.97 Å². The minimum atomic E-state index is -1.37. The summed E-state index contributed by atoms with van der Waals surface area (Å²) in [5.74, 6) is -1.87. The number of nitrogens with zero attached hydrogens (tertiary/aromatic N) is 1. The first-order valence-corrected chi connectivity index (χ1v) is 13.9. The summed E-state index contributed by atoms with van der Waals surface area (Å²) in [6.45, 7) is 3.07. The number of fused-ring (bicyclic) bond motifs is 8. The van der Waals surface area contributed by atoms with Gasteiger partial charge >= 0.3 is 23.9 Å². The number of carbonyl (C=O) groups is 5. The Bertz CT molecular complexity index is 1930. The highest BCUT2D eigenvalue weighted by molar-refractivity contribution is 6.01. The van der Waals surface area contributed by atoms with Crippen LogP contribution in [0, 0.1) is 0 Å². The summed E-state index contributed by atoms with van der Waals surface area (Å²) in [5, 5.41) is 8.89. The van der Waals surface area contributed by atoms with Crippen molar-refractivity contribution in [3.05, 3.63) is 94.5 Å². The predicted molar refractivity (Wildman–Crippen MR) is 163 cm³/mol. The molecule has 2 aliphatic rings. The van der Waals surface area contributed by atoms with Crippen LogP contribution in [0.15, 0.2) is 66.7 Å². The van der Waals surface area contributed by atoms with Gasteiger partial charge in [-0.1, -0.05) is 12.1 Å². The Morgan fingerprint density at radius 3 is 2.20 bits per heavy atom. The third-order valence-electron chi connectivity index (χ3n) is 7.21. The van der Waals surface area contributed by atoms with Gasteiger partial charge in [0, 0.05) is 68.7 Å². The summed E-state index contributed by atoms with van der Waals surface area (Å²) in [4.78, 5) is 59.6. The monoisotopic (exact) mass is 627 g/mol. The van der Waals surface area contributed by atoms with Gasteiger partial charge in [-0.25, -0.2) is 9.59 Å². The van der Waals surface area contributed by atoms with Gasteiger partial charge in [-0.3, -0.25) is 14.4 Å². The Balaban J connectivity index is 0.000000985. The van der Waals surface area contributed by atoms with Crippen LogP contribution in [-0.2, 0) is 34.2 Å². The summed E-state index contributed by atoms with van der Waals surface area (Å²) in [5.41, 5.74) is 1.54. The Kier molecular flexibility index (Phi) is 8.38. The van der Waals surface area contributed by atoms with Gasteiger partial charge in [-0.15, -0.1) is 0 Å². The van der Waals surface area contributed by atoms with Crippen molar-refractivity contribution in [2.24, 2.45) is 0 Å². The molecule has 2 aliphatic heterocycles. The summed E-state index contributed by atoms with van der Waals surface area (Å²) in [6.07, 6.45) is 0. The van der Waals surface area contributed by atoms with E-state index in [0.717, 1.165) is 23.4 Å². The first-order chi connectivity index (χ1) is 21.8. The van der Waals surface area contributed by atoms with Crippen molar-refractivity contribution in [1.29, 1.82) is 0 Å². The second-order valence-electron chi connectivity index (χ2n) is 10.6. The summed E-state index contributed by atoms with van der Waals surface area (Å²) in [6, 6.07) is 19.1. The third-order valence-corrected chi connectivity index (χ3v) is 7.21. The number of benzene rings is 4. The molecule has 1 atom stereocenters. The average Bonchev–Trinajstić information content (AvgIpc) is 3.27. The lowest BCUT2D eigenvalue weighted by Gasteiger charge is -2.37. The van der Waals surface area contributed by atoms with Crippen LogP contribution in [0.25, 0.3) is 10.8 Å². The molecule has 1 N–H and O–H groups in total. The standard InChI is InChI=1S/C32H25NO9.C2H4O2/c1-17(34)38-16-39-30(36)20-6-10-25-24(14-20)31(37)42-32(25)26-12-7-21(33(3)4)15-28(26)41-29-23-9-8-22(40-18(2)35)13-19(23)5-11-27(29)32;1-2(3)4/h5-15H,16H2,1-4H3;1H3,(H,3,4). The zero-order valence-corrected chi connectivity index (χ0v) is 25.5. The van der Waals surface area contributed by atoms with Gasteiger partial charge in [0.1, 0.15) is 17.2 Å². The zero-order chi connectivity index (χ0) is 33.3. The van der Waals surface area contributed by atoms with E-state index in [0.29, 0.717) is 33.9 Å². The van der Waals surface area contributed by atoms with E-state index in [-0.39, 0.29) is 11.1 Å². The van der Waals surface area contributed by atoms with Gasteiger partial charge in [0.2, 0.25) is 6.79 Å². The molecular weight excluding hydrogens is 598 g/mol. The number of rotatable bonds is 5. The van der Waals surface area contributed by atoms with Crippen LogP contribution in [-0.4, -0.2) is 55.8 Å². The van der Waals surface area contributed by atoms with E-state index in [1.165, 1.54) is 26.0 Å². The van der Waals surface area contributed by atoms with Crippen LogP contribution in [0.3, 0.4) is 0 Å². The van der Waals surface area contributed by atoms with Crippen LogP contribution in [0.4, 0.5) is 5.69 Å². The number of carboxylic acids is 1. The highest BCUT2D eigenvalue weighted by Crippen LogP contribution is 2.58. The van der Waals surface area contributed by atoms with Crippen molar-refractivity contribution < 1.29 is 52.8 Å². The first-order valence-electron chi connectivity index (χ1n) is 13.9. The van der Waals surface area contributed by atoms with Gasteiger partial charge < -0.3 is 33.7 Å². The van der Waals surface area contributed by atoms with E-state index in [1.54, 1.807) is 24.3 Å². The number of carbonyl (C=O) groups excluding carboxylic acids is 4. The fraction of sp³-hybridized carbons (Fsp3) is 0.206. The number of hydrogen-bond acceptors (Lipinski definition) is 11. The normalized spacial score (nSPS) is 15.2. The third kappa shape index (κ3) is 5.80. The lowest BCUT2D eigenvalue weighted by Crippen LogP contribution is -2.33. The number of ether oxygens (including phenoxy) is 5. The maximum atomic E-state index is 13.5. The van der Waals surface area contributed by atoms with Crippen LogP contribution >= 0.6 is 0 Å². The molecule has 0 amide bonds. The quantitative estimate of drug-likeness (QED) is 0.176. The molecule has 236 valence electrons. The molecule has 1 unspecified atom stereocenters. The molecule has 0 radical (unpaired) electrons. The molecule has 6 rings (SSSR count). The largest absolute Gasteiger partial charge is 0.481 e. The van der Waals surface area contributed by atoms with Crippen LogP contribution < -0.4 is 14.4 Å². The van der Waals surface area contributed by atoms with Crippen molar-refractivity contribution in [1.82, 2.24) is 0 Å². The topological polar surface area (TPSA) is 155 Å². The molecule has 46 heavy (non-hydrogen) atoms. The summed E-state index contributed by atoms with van der Waals surface area (Å²) in [7, 11) is 3.82. The maximum absolute atomic E-state index is 13.5. The molecule has 12 nitrogen and oxygen atoms in total. The van der Waals surface area contributed by atoms with Crippen LogP contribution in [0.2, 0.25) is 0 Å². The second kappa shape index (κ2) is 12.2. The molecular formula is C34H29NO11. The lowest BCUT2D eigenvalue weighted by atomic mass is 9.76. The SMILES string of the molecule is CC(=O)O.CC(=O)OCOC(=O)c1ccc2c(c1)C(=O)OC21c2ccc(N(C)C)cc2Oc2c1ccc1cc(OC(C)=O)ccc21. The smallest absolute Gasteiger partial charge is 0.341 e. The molecule has 0 fully saturated rings. The molecule has 0 bridgehead atoms. The lowest BCUT2D eigenvalue weighted by molar-refractivity contribution is -0.149. The molecule has 0 saturated carbocycles. The van der Waals surface area contributed by atoms with E-state index in [1.807, 2.05) is 49.3 Å². The van der Waals surface area contributed by atoms with E-state index in [9.17, 15) is 19.2 Å². The first kappa shape index (κ1) is 31.5. The number of aliphatic carboxylic acids is 1. The van der Waals surface area contributed by atoms with Crippen molar-refractivity contribution in [3.63, 3.8) is 0 Å². The minimum absolute atomic E-state index is 0.0990. The summed E-state index contributed by atoms with van der Waals surface area (Å²) < 4.78 is 27.8. The van der Waals surface area contributed by atoms with Crippen molar-refractivity contribution in [3.8, 4) is 17.2 Å². The number of anilines is 1. The van der Waals surface area contributed by atoms with Gasteiger partial charge in [-0.05, 0) is 53.9 Å². The summed E-state index contributed by atoms with van der Waals surface area (Å²) >= 11 is 0. The molecule has 1 spiro atoms. The van der Waals surface area contributed by atoms with E-state index >= 15 is 0 Å². The minimum Gasteiger partial charge on any atom is -0.481 e. The van der Waals surface area contributed by atoms with Crippen molar-refractivity contribution in [2.45, 2.75) is 26.4 Å². The highest BCUT2D eigenvalue weighted by Gasteiger charge is 2.54. The van der Waals surface area contributed by atoms with Gasteiger partial charge in [0.15, 0.2) is 5.60 Å². The number of hydrogen-bond donors (Lipinski definition) is 1. The van der Waals surface area contributed by atoms with E-state index in [2.05, 4.69) is 4.74 Å². The number of esters is 4. The second-order valence-corrected chi connectivity index (χ2v) is 10.6. The van der Waals surface area contributed by atoms with Crippen LogP contribution in [0.5, 0.6) is 17.2 Å². The van der Waals surface area contributed by atoms with Crippen molar-refractivity contribution >= 4 is 46.3 Å². The predicted octanol–water partition coefficient (Wildman–Crippen LogP) is 5.17. The Morgan fingerprint density at radius 2 is 1.52 bits per heavy atom. The molecule has 4 aromatic carbocycles. The molecule has 4 aromatic rings. The van der Waals surface area contributed by atoms with E-state index in [4.69, 9.17) is 28.8 Å². The number of carboxylic acid groups (broad SMARTS) is 1. The van der Waals surface area contributed by atoms with Gasteiger partial charge in [0.05, 0.1) is 11.1 Å². The fourth-order valence-electron chi connectivity index (χ4n) is 5.36. The Morgan fingerprint density at radius 1 is 0.826 bits per heavy atom. The molecule has 2 heterocycles. The zero-order valence-electron chi connectivity index (χ0n) is 25.5. The fourth-order valence-corrected chi connectivity index (χ4v) is 5.36. The molecule has 0 saturated heterocycles. The molecule has 12 heteroatoms. The Hall–Kier alpha value is -5.91. The molecule has 0 aromatic heterocycles. The average molecular weight is 628 g/mol.